The van der Waals surface area contributed by atoms with Crippen LogP contribution in [0.5, 0.6) is 0 Å². The van der Waals surface area contributed by atoms with E-state index in [4.69, 9.17) is 12.2 Å². The molecule has 0 aliphatic carbocycles. The summed E-state index contributed by atoms with van der Waals surface area (Å²) in [5.74, 6) is 2.27. The summed E-state index contributed by atoms with van der Waals surface area (Å²) in [4.78, 5) is 17.8. The lowest BCUT2D eigenvalue weighted by molar-refractivity contribution is -0.132. The Morgan fingerprint density at radius 2 is 2.41 bits per heavy atom. The van der Waals surface area contributed by atoms with Crippen LogP contribution in [-0.4, -0.2) is 28.4 Å². The molecule has 1 aromatic rings. The van der Waals surface area contributed by atoms with Gasteiger partial charge >= 0.3 is 0 Å². The zero-order valence-electron chi connectivity index (χ0n) is 9.97. The molecule has 1 amide bonds. The topological polar surface area (TPSA) is 59.2 Å². The zero-order valence-corrected chi connectivity index (χ0v) is 9.97. The molecule has 0 fully saturated rings. The number of pyridine rings is 1. The molecule has 1 aromatic heterocycles. The maximum absolute atomic E-state index is 11.9. The molecule has 1 heterocycles. The van der Waals surface area contributed by atoms with E-state index in [2.05, 4.69) is 10.9 Å². The number of carbonyl (C=O) groups excluding carboxylic acids is 1. The predicted octanol–water partition coefficient (Wildman–Crippen LogP) is 0.781. The first-order chi connectivity index (χ1) is 8.19. The Labute approximate surface area is 102 Å². The van der Waals surface area contributed by atoms with Gasteiger partial charge in [-0.1, -0.05) is 6.07 Å². The van der Waals surface area contributed by atoms with Crippen LogP contribution >= 0.6 is 0 Å². The van der Waals surface area contributed by atoms with E-state index < -0.39 is 6.04 Å². The van der Waals surface area contributed by atoms with Gasteiger partial charge in [-0.25, -0.2) is 0 Å². The minimum absolute atomic E-state index is 0.129. The Hall–Kier alpha value is -1.86. The molecule has 17 heavy (non-hydrogen) atoms. The van der Waals surface area contributed by atoms with Gasteiger partial charge in [0.1, 0.15) is 0 Å². The number of rotatable bonds is 5. The van der Waals surface area contributed by atoms with Crippen LogP contribution in [0.15, 0.2) is 24.4 Å². The first-order valence-corrected chi connectivity index (χ1v) is 5.56. The molecule has 0 aromatic carbocycles. The second-order valence-electron chi connectivity index (χ2n) is 3.69. The highest BCUT2D eigenvalue weighted by Gasteiger charge is 2.19. The first kappa shape index (κ1) is 13.2. The zero-order chi connectivity index (χ0) is 12.7. The van der Waals surface area contributed by atoms with Gasteiger partial charge in [0.05, 0.1) is 18.3 Å². The van der Waals surface area contributed by atoms with E-state index >= 15 is 0 Å². The Kier molecular flexibility index (Phi) is 5.18. The van der Waals surface area contributed by atoms with E-state index in [1.54, 1.807) is 11.1 Å². The van der Waals surface area contributed by atoms with Crippen LogP contribution in [0.1, 0.15) is 19.0 Å². The van der Waals surface area contributed by atoms with Crippen molar-refractivity contribution in [2.24, 2.45) is 5.73 Å². The molecule has 0 aliphatic heterocycles. The van der Waals surface area contributed by atoms with Gasteiger partial charge in [0, 0.05) is 19.2 Å². The minimum atomic E-state index is -0.622. The van der Waals surface area contributed by atoms with Gasteiger partial charge in [0.15, 0.2) is 0 Å². The molecule has 4 nitrogen and oxygen atoms in total. The SMILES string of the molecule is C#CCC(N)C(=O)N(CC)Cc1ccccn1. The van der Waals surface area contributed by atoms with Crippen molar-refractivity contribution in [1.82, 2.24) is 9.88 Å². The number of hydrogen-bond acceptors (Lipinski definition) is 3. The molecule has 0 radical (unpaired) electrons. The van der Waals surface area contributed by atoms with Gasteiger partial charge in [-0.15, -0.1) is 12.3 Å². The smallest absolute Gasteiger partial charge is 0.240 e. The monoisotopic (exact) mass is 231 g/mol. The maximum atomic E-state index is 11.9. The fourth-order valence-corrected chi connectivity index (χ4v) is 1.48. The number of hydrogen-bond donors (Lipinski definition) is 1. The summed E-state index contributed by atoms with van der Waals surface area (Å²) in [6.45, 7) is 2.96. The van der Waals surface area contributed by atoms with Crippen molar-refractivity contribution in [3.63, 3.8) is 0 Å². The summed E-state index contributed by atoms with van der Waals surface area (Å²) in [6.07, 6.45) is 7.11. The lowest BCUT2D eigenvalue weighted by Gasteiger charge is -2.23. The van der Waals surface area contributed by atoms with Crippen molar-refractivity contribution < 1.29 is 4.79 Å². The minimum Gasteiger partial charge on any atom is -0.336 e. The van der Waals surface area contributed by atoms with Crippen molar-refractivity contribution in [2.75, 3.05) is 6.54 Å². The largest absolute Gasteiger partial charge is 0.336 e. The van der Waals surface area contributed by atoms with E-state index in [1.165, 1.54) is 0 Å². The van der Waals surface area contributed by atoms with Gasteiger partial charge in [-0.05, 0) is 19.1 Å². The van der Waals surface area contributed by atoms with Gasteiger partial charge in [0.25, 0.3) is 0 Å². The van der Waals surface area contributed by atoms with Crippen LogP contribution in [0.3, 0.4) is 0 Å². The van der Waals surface area contributed by atoms with Crippen molar-refractivity contribution in [2.45, 2.75) is 25.9 Å². The average molecular weight is 231 g/mol. The van der Waals surface area contributed by atoms with E-state index in [1.807, 2.05) is 25.1 Å². The second kappa shape index (κ2) is 6.66. The van der Waals surface area contributed by atoms with Crippen LogP contribution in [-0.2, 0) is 11.3 Å². The quantitative estimate of drug-likeness (QED) is 0.762. The molecule has 0 saturated heterocycles. The summed E-state index contributed by atoms with van der Waals surface area (Å²) in [6, 6.07) is 4.99. The molecule has 1 unspecified atom stereocenters. The molecule has 0 spiro atoms. The van der Waals surface area contributed by atoms with Crippen molar-refractivity contribution in [3.8, 4) is 12.3 Å². The van der Waals surface area contributed by atoms with Crippen LogP contribution < -0.4 is 5.73 Å². The average Bonchev–Trinajstić information content (AvgIpc) is 2.36. The normalized spacial score (nSPS) is 11.6. The number of likely N-dealkylation sites (N-methyl/N-ethyl adjacent to an activating group) is 1. The van der Waals surface area contributed by atoms with Crippen LogP contribution in [0.25, 0.3) is 0 Å². The maximum Gasteiger partial charge on any atom is 0.240 e. The molecule has 0 saturated carbocycles. The highest BCUT2D eigenvalue weighted by atomic mass is 16.2. The molecule has 90 valence electrons. The highest BCUT2D eigenvalue weighted by molar-refractivity contribution is 5.81. The lowest BCUT2D eigenvalue weighted by Crippen LogP contribution is -2.43. The summed E-state index contributed by atoms with van der Waals surface area (Å²) in [7, 11) is 0. The van der Waals surface area contributed by atoms with Crippen molar-refractivity contribution in [3.05, 3.63) is 30.1 Å². The second-order valence-corrected chi connectivity index (χ2v) is 3.69. The van der Waals surface area contributed by atoms with Gasteiger partial charge in [-0.3, -0.25) is 9.78 Å². The Balaban J connectivity index is 2.66. The van der Waals surface area contributed by atoms with Gasteiger partial charge in [-0.2, -0.15) is 0 Å². The molecule has 2 N–H and O–H groups in total. The van der Waals surface area contributed by atoms with Gasteiger partial charge in [0.2, 0.25) is 5.91 Å². The molecular weight excluding hydrogens is 214 g/mol. The number of carbonyl (C=O) groups is 1. The molecular formula is C13H17N3O. The standard InChI is InChI=1S/C13H17N3O/c1-3-7-12(14)13(17)16(4-2)10-11-8-5-6-9-15-11/h1,5-6,8-9,12H,4,7,10,14H2,2H3. The van der Waals surface area contributed by atoms with E-state index in [-0.39, 0.29) is 12.3 Å². The third-order valence-electron chi connectivity index (χ3n) is 2.43. The summed E-state index contributed by atoms with van der Waals surface area (Å²) < 4.78 is 0. The number of terminal acetylenes is 1. The van der Waals surface area contributed by atoms with Crippen LogP contribution in [0.4, 0.5) is 0 Å². The van der Waals surface area contributed by atoms with Crippen molar-refractivity contribution in [1.29, 1.82) is 0 Å². The fraction of sp³-hybridized carbons (Fsp3) is 0.385. The van der Waals surface area contributed by atoms with Crippen LogP contribution in [0.2, 0.25) is 0 Å². The number of aromatic nitrogens is 1. The molecule has 4 heteroatoms. The third kappa shape index (κ3) is 3.89. The molecule has 0 aliphatic rings. The number of amides is 1. The highest BCUT2D eigenvalue weighted by Crippen LogP contribution is 2.04. The van der Waals surface area contributed by atoms with Crippen LogP contribution in [0, 0.1) is 12.3 Å². The van der Waals surface area contributed by atoms with Crippen molar-refractivity contribution >= 4 is 5.91 Å². The molecule has 1 atom stereocenters. The number of nitrogens with two attached hydrogens (primary N) is 1. The summed E-state index contributed by atoms with van der Waals surface area (Å²) >= 11 is 0. The molecule has 1 rings (SSSR count). The Morgan fingerprint density at radius 1 is 1.65 bits per heavy atom. The fourth-order valence-electron chi connectivity index (χ4n) is 1.48. The Bertz CT molecular complexity index is 397. The predicted molar refractivity (Wildman–Crippen MR) is 66.8 cm³/mol. The lowest BCUT2D eigenvalue weighted by atomic mass is 10.2. The van der Waals surface area contributed by atoms with E-state index in [0.717, 1.165) is 5.69 Å². The van der Waals surface area contributed by atoms with E-state index in [0.29, 0.717) is 13.1 Å². The van der Waals surface area contributed by atoms with Gasteiger partial charge < -0.3 is 10.6 Å². The molecule has 0 bridgehead atoms. The Morgan fingerprint density at radius 3 is 2.94 bits per heavy atom. The first-order valence-electron chi connectivity index (χ1n) is 5.56. The summed E-state index contributed by atoms with van der Waals surface area (Å²) in [5, 5.41) is 0. The van der Waals surface area contributed by atoms with E-state index in [9.17, 15) is 4.79 Å². The third-order valence-corrected chi connectivity index (χ3v) is 2.43. The summed E-state index contributed by atoms with van der Waals surface area (Å²) in [5.41, 5.74) is 6.55. The number of nitrogens with zero attached hydrogens (tertiary/aromatic N) is 2.